The molecular weight excluding hydrogens is 254 g/mol. The van der Waals surface area contributed by atoms with Crippen molar-refractivity contribution in [3.05, 3.63) is 0 Å². The smallest absolute Gasteiger partial charge is 0.310 e. The molecule has 0 saturated heterocycles. The van der Waals surface area contributed by atoms with Gasteiger partial charge in [0.25, 0.3) is 0 Å². The second kappa shape index (κ2) is 7.31. The van der Waals surface area contributed by atoms with Crippen LogP contribution in [0.15, 0.2) is 9.98 Å². The van der Waals surface area contributed by atoms with Crippen molar-refractivity contribution in [2.45, 2.75) is 32.6 Å². The molecule has 1 unspecified atom stereocenters. The maximum absolute atomic E-state index is 12.4. The van der Waals surface area contributed by atoms with Crippen LogP contribution in [0, 0.1) is 11.3 Å². The first-order valence-electron chi connectivity index (χ1n) is 6.47. The molecule has 1 aliphatic heterocycles. The molecule has 1 heterocycles. The van der Waals surface area contributed by atoms with Crippen LogP contribution in [0.1, 0.15) is 32.6 Å². The maximum Gasteiger partial charge on any atom is 0.310 e. The van der Waals surface area contributed by atoms with Crippen LogP contribution in [0.3, 0.4) is 0 Å². The number of nitrogens with zero attached hydrogens (tertiary/aromatic N) is 2. The first kappa shape index (κ1) is 15.7. The summed E-state index contributed by atoms with van der Waals surface area (Å²) in [6.07, 6.45) is 2.26. The van der Waals surface area contributed by atoms with Crippen LogP contribution in [0.4, 0.5) is 8.78 Å². The molecule has 1 aliphatic rings. The fourth-order valence-corrected chi connectivity index (χ4v) is 2.47. The van der Waals surface area contributed by atoms with Crippen molar-refractivity contribution in [1.82, 2.24) is 0 Å². The number of hydrogen-bond donors (Lipinski definition) is 1. The Kier molecular flexibility index (Phi) is 6.05. The number of halogens is 2. The van der Waals surface area contributed by atoms with Gasteiger partial charge in [-0.15, -0.1) is 0 Å². The molecular formula is C13H20F2N2O2. The number of aliphatic imine (C=N–C) groups is 2. The molecule has 0 aromatic heterocycles. The first-order valence-corrected chi connectivity index (χ1v) is 6.47. The van der Waals surface area contributed by atoms with Crippen LogP contribution in [0.25, 0.3) is 0 Å². The number of hydrogen-bond acceptors (Lipinski definition) is 3. The van der Waals surface area contributed by atoms with E-state index in [4.69, 9.17) is 0 Å². The minimum absolute atomic E-state index is 0.158. The average Bonchev–Trinajstić information content (AvgIpc) is 2.40. The molecule has 0 aromatic rings. The van der Waals surface area contributed by atoms with Crippen LogP contribution in [0.5, 0.6) is 0 Å². The highest BCUT2D eigenvalue weighted by atomic mass is 19.1. The molecule has 0 aromatic carbocycles. The Labute approximate surface area is 111 Å². The zero-order valence-electron chi connectivity index (χ0n) is 11.1. The third kappa shape index (κ3) is 3.81. The minimum atomic E-state index is -1.16. The van der Waals surface area contributed by atoms with Gasteiger partial charge < -0.3 is 5.11 Å². The molecule has 0 radical (unpaired) electrons. The molecule has 19 heavy (non-hydrogen) atoms. The fourth-order valence-electron chi connectivity index (χ4n) is 2.47. The van der Waals surface area contributed by atoms with E-state index in [9.17, 15) is 18.7 Å². The summed E-state index contributed by atoms with van der Waals surface area (Å²) >= 11 is 0. The van der Waals surface area contributed by atoms with E-state index in [0.29, 0.717) is 12.4 Å². The minimum Gasteiger partial charge on any atom is -0.481 e. The molecule has 0 spiro atoms. The summed E-state index contributed by atoms with van der Waals surface area (Å²) in [6, 6.07) is 0. The summed E-state index contributed by atoms with van der Waals surface area (Å²) in [6.45, 7) is 0.909. The van der Waals surface area contributed by atoms with Gasteiger partial charge in [0.2, 0.25) is 0 Å². The maximum atomic E-state index is 12.4. The number of carbonyl (C=O) groups is 1. The number of carboxylic acids is 1. The molecule has 0 amide bonds. The largest absolute Gasteiger partial charge is 0.481 e. The van der Waals surface area contributed by atoms with Crippen LogP contribution in [0.2, 0.25) is 0 Å². The fraction of sp³-hybridized carbons (Fsp3) is 0.769. The Hall–Kier alpha value is -1.33. The van der Waals surface area contributed by atoms with E-state index in [1.165, 1.54) is 0 Å². The number of carboxylic acid groups (broad SMARTS) is 1. The summed E-state index contributed by atoms with van der Waals surface area (Å²) in [5.41, 5.74) is -1.16. The molecule has 0 fully saturated rings. The molecule has 6 heteroatoms. The van der Waals surface area contributed by atoms with Crippen LogP contribution in [-0.2, 0) is 4.79 Å². The SMILES string of the molecule is CC1=NCC(C(CCCF)(CCCF)C(=O)O)C=N1. The average molecular weight is 274 g/mol. The van der Waals surface area contributed by atoms with E-state index < -0.39 is 30.7 Å². The predicted octanol–water partition coefficient (Wildman–Crippen LogP) is 2.68. The number of amidine groups is 1. The van der Waals surface area contributed by atoms with Crippen molar-refractivity contribution in [3.8, 4) is 0 Å². The lowest BCUT2D eigenvalue weighted by Gasteiger charge is -2.35. The lowest BCUT2D eigenvalue weighted by atomic mass is 9.69. The van der Waals surface area contributed by atoms with E-state index in [-0.39, 0.29) is 25.7 Å². The summed E-state index contributed by atoms with van der Waals surface area (Å²) < 4.78 is 24.8. The van der Waals surface area contributed by atoms with Crippen molar-refractivity contribution in [2.75, 3.05) is 19.9 Å². The first-order chi connectivity index (χ1) is 9.06. The second-order valence-corrected chi connectivity index (χ2v) is 4.82. The third-order valence-electron chi connectivity index (χ3n) is 3.61. The summed E-state index contributed by atoms with van der Waals surface area (Å²) in [4.78, 5) is 19.9. The van der Waals surface area contributed by atoms with Gasteiger partial charge in [0, 0.05) is 18.7 Å². The van der Waals surface area contributed by atoms with Gasteiger partial charge >= 0.3 is 5.97 Å². The third-order valence-corrected chi connectivity index (χ3v) is 3.61. The Morgan fingerprint density at radius 2 is 2.00 bits per heavy atom. The number of rotatable bonds is 8. The quantitative estimate of drug-likeness (QED) is 0.739. The Morgan fingerprint density at radius 3 is 2.37 bits per heavy atom. The topological polar surface area (TPSA) is 62.0 Å². The van der Waals surface area contributed by atoms with Gasteiger partial charge in [-0.3, -0.25) is 18.6 Å². The predicted molar refractivity (Wildman–Crippen MR) is 70.4 cm³/mol. The van der Waals surface area contributed by atoms with Gasteiger partial charge in [0.05, 0.1) is 18.8 Å². The van der Waals surface area contributed by atoms with Crippen molar-refractivity contribution >= 4 is 18.0 Å². The normalized spacial score (nSPS) is 19.3. The monoisotopic (exact) mass is 274 g/mol. The van der Waals surface area contributed by atoms with Crippen molar-refractivity contribution < 1.29 is 18.7 Å². The van der Waals surface area contributed by atoms with E-state index in [2.05, 4.69) is 9.98 Å². The van der Waals surface area contributed by atoms with Gasteiger partial charge in [0.1, 0.15) is 5.84 Å². The van der Waals surface area contributed by atoms with E-state index >= 15 is 0 Å². The molecule has 108 valence electrons. The van der Waals surface area contributed by atoms with Gasteiger partial charge in [-0.05, 0) is 32.6 Å². The summed E-state index contributed by atoms with van der Waals surface area (Å²) in [7, 11) is 0. The van der Waals surface area contributed by atoms with Crippen molar-refractivity contribution in [1.29, 1.82) is 0 Å². The second-order valence-electron chi connectivity index (χ2n) is 4.82. The highest BCUT2D eigenvalue weighted by Gasteiger charge is 2.44. The standard InChI is InChI=1S/C13H20F2N2O2/c1-10-16-8-11(9-17-10)13(12(18)19,4-2-6-14)5-3-7-15/h8,11H,2-7,9H2,1H3,(H,18,19). The van der Waals surface area contributed by atoms with Crippen molar-refractivity contribution in [3.63, 3.8) is 0 Å². The van der Waals surface area contributed by atoms with Gasteiger partial charge in [-0.25, -0.2) is 4.99 Å². The molecule has 0 saturated carbocycles. The summed E-state index contributed by atoms with van der Waals surface area (Å²) in [5.74, 6) is -0.807. The van der Waals surface area contributed by atoms with E-state index in [1.807, 2.05) is 0 Å². The molecule has 1 atom stereocenters. The highest BCUT2D eigenvalue weighted by molar-refractivity contribution is 5.92. The van der Waals surface area contributed by atoms with E-state index in [1.54, 1.807) is 13.1 Å². The van der Waals surface area contributed by atoms with Crippen LogP contribution >= 0.6 is 0 Å². The van der Waals surface area contributed by atoms with Gasteiger partial charge in [0.15, 0.2) is 0 Å². The van der Waals surface area contributed by atoms with Gasteiger partial charge in [-0.2, -0.15) is 0 Å². The lowest BCUT2D eigenvalue weighted by molar-refractivity contribution is -0.152. The highest BCUT2D eigenvalue weighted by Crippen LogP contribution is 2.39. The molecule has 4 nitrogen and oxygen atoms in total. The van der Waals surface area contributed by atoms with Gasteiger partial charge in [-0.1, -0.05) is 0 Å². The molecule has 0 aliphatic carbocycles. The number of alkyl halides is 2. The Morgan fingerprint density at radius 1 is 1.42 bits per heavy atom. The van der Waals surface area contributed by atoms with E-state index in [0.717, 1.165) is 0 Å². The molecule has 1 N–H and O–H groups in total. The number of aliphatic carboxylic acids is 1. The Bertz CT molecular complexity index is 362. The van der Waals surface area contributed by atoms with Crippen LogP contribution < -0.4 is 0 Å². The molecule has 1 rings (SSSR count). The Balaban J connectivity index is 2.94. The summed E-state index contributed by atoms with van der Waals surface area (Å²) in [5, 5.41) is 9.54. The molecule has 0 bridgehead atoms. The lowest BCUT2D eigenvalue weighted by Crippen LogP contribution is -2.42. The van der Waals surface area contributed by atoms with Crippen LogP contribution in [-0.4, -0.2) is 43.0 Å². The zero-order valence-corrected chi connectivity index (χ0v) is 11.1. The zero-order chi connectivity index (χ0) is 14.3. The van der Waals surface area contributed by atoms with Crippen molar-refractivity contribution in [2.24, 2.45) is 21.3 Å².